The van der Waals surface area contributed by atoms with Crippen LogP contribution in [0.5, 0.6) is 0 Å². The van der Waals surface area contributed by atoms with E-state index in [-0.39, 0.29) is 11.9 Å². The van der Waals surface area contributed by atoms with Gasteiger partial charge in [0, 0.05) is 28.5 Å². The summed E-state index contributed by atoms with van der Waals surface area (Å²) in [5.41, 5.74) is 1.68. The Kier molecular flexibility index (Phi) is 4.91. The molecule has 0 spiro atoms. The van der Waals surface area contributed by atoms with Crippen molar-refractivity contribution in [3.63, 3.8) is 0 Å². The fourth-order valence-corrected chi connectivity index (χ4v) is 3.78. The van der Waals surface area contributed by atoms with Gasteiger partial charge in [-0.3, -0.25) is 4.79 Å². The number of rotatable bonds is 2. The predicted octanol–water partition coefficient (Wildman–Crippen LogP) is 4.43. The monoisotopic (exact) mass is 343 g/mol. The van der Waals surface area contributed by atoms with Crippen LogP contribution in [0.25, 0.3) is 0 Å². The second-order valence-corrected chi connectivity index (χ2v) is 6.86. The fourth-order valence-electron chi connectivity index (χ4n) is 2.67. The molecule has 1 amide bonds. The minimum atomic E-state index is 0.0661. The lowest BCUT2D eigenvalue weighted by Gasteiger charge is -2.35. The number of carbonyl (C=O) groups excluding carboxylic acids is 1. The van der Waals surface area contributed by atoms with E-state index in [1.54, 1.807) is 6.07 Å². The van der Waals surface area contributed by atoms with E-state index >= 15 is 0 Å². The summed E-state index contributed by atoms with van der Waals surface area (Å²) < 4.78 is 0. The van der Waals surface area contributed by atoms with Crippen molar-refractivity contribution in [2.75, 3.05) is 7.05 Å². The lowest BCUT2D eigenvalue weighted by Crippen LogP contribution is -2.44. The van der Waals surface area contributed by atoms with E-state index in [4.69, 9.17) is 11.6 Å². The van der Waals surface area contributed by atoms with Crippen molar-refractivity contribution in [1.29, 1.82) is 0 Å². The predicted molar refractivity (Wildman–Crippen MR) is 83.3 cm³/mol. The minimum Gasteiger partial charge on any atom is -0.338 e. The molecule has 2 unspecified atom stereocenters. The van der Waals surface area contributed by atoms with Gasteiger partial charge in [-0.05, 0) is 37.5 Å². The molecule has 0 aliphatic heterocycles. The molecular weight excluding hydrogens is 326 g/mol. The molecule has 2 atom stereocenters. The Balaban J connectivity index is 2.20. The van der Waals surface area contributed by atoms with Gasteiger partial charge in [0.1, 0.15) is 0 Å². The van der Waals surface area contributed by atoms with Crippen LogP contribution >= 0.6 is 27.5 Å². The lowest BCUT2D eigenvalue weighted by atomic mass is 9.93. The number of aryl methyl sites for hydroxylation is 1. The molecule has 0 aromatic heterocycles. The zero-order chi connectivity index (χ0) is 14.0. The molecule has 1 fully saturated rings. The van der Waals surface area contributed by atoms with E-state index in [1.807, 2.05) is 31.0 Å². The summed E-state index contributed by atoms with van der Waals surface area (Å²) in [6.07, 6.45) is 4.64. The molecule has 1 saturated carbocycles. The fraction of sp³-hybridized carbons (Fsp3) is 0.533. The number of nitrogens with zero attached hydrogens (tertiary/aromatic N) is 1. The van der Waals surface area contributed by atoms with E-state index in [1.165, 1.54) is 12.8 Å². The third kappa shape index (κ3) is 3.32. The first-order valence-electron chi connectivity index (χ1n) is 6.68. The Hall–Kier alpha value is -0.540. The first-order chi connectivity index (χ1) is 9.00. The molecule has 2 nitrogen and oxygen atoms in total. The molecule has 1 aliphatic carbocycles. The molecule has 0 bridgehead atoms. The van der Waals surface area contributed by atoms with Crippen LogP contribution in [0.15, 0.2) is 18.2 Å². The van der Waals surface area contributed by atoms with Gasteiger partial charge in [0.25, 0.3) is 5.91 Å². The van der Waals surface area contributed by atoms with Crippen LogP contribution in [-0.4, -0.2) is 28.7 Å². The van der Waals surface area contributed by atoms with Crippen molar-refractivity contribution in [3.05, 3.63) is 34.3 Å². The number of alkyl halides is 1. The number of hydrogen-bond donors (Lipinski definition) is 0. The average molecular weight is 345 g/mol. The van der Waals surface area contributed by atoms with Crippen molar-refractivity contribution in [3.8, 4) is 0 Å². The topological polar surface area (TPSA) is 20.3 Å². The number of halogens is 2. The first-order valence-corrected chi connectivity index (χ1v) is 7.97. The van der Waals surface area contributed by atoms with Crippen LogP contribution in [0.4, 0.5) is 0 Å². The SMILES string of the molecule is Cc1ccc(Cl)cc1C(=O)N(C)C1CCCCC1Br. The maximum absolute atomic E-state index is 12.6. The van der Waals surface area contributed by atoms with E-state index < -0.39 is 0 Å². The van der Waals surface area contributed by atoms with Gasteiger partial charge in [0.2, 0.25) is 0 Å². The summed E-state index contributed by atoms with van der Waals surface area (Å²) in [7, 11) is 1.90. The van der Waals surface area contributed by atoms with Crippen LogP contribution in [0.3, 0.4) is 0 Å². The Morgan fingerprint density at radius 3 is 2.74 bits per heavy atom. The smallest absolute Gasteiger partial charge is 0.254 e. The Labute approximate surface area is 128 Å². The zero-order valence-corrected chi connectivity index (χ0v) is 13.7. The number of benzene rings is 1. The highest BCUT2D eigenvalue weighted by molar-refractivity contribution is 9.09. The van der Waals surface area contributed by atoms with Crippen LogP contribution in [0, 0.1) is 6.92 Å². The molecular formula is C15H19BrClNO. The van der Waals surface area contributed by atoms with Gasteiger partial charge in [0.05, 0.1) is 0 Å². The molecule has 4 heteroatoms. The Bertz CT molecular complexity index is 477. The number of carbonyl (C=O) groups is 1. The summed E-state index contributed by atoms with van der Waals surface area (Å²) in [4.78, 5) is 14.9. The summed E-state index contributed by atoms with van der Waals surface area (Å²) >= 11 is 9.71. The lowest BCUT2D eigenvalue weighted by molar-refractivity contribution is 0.0704. The highest BCUT2D eigenvalue weighted by atomic mass is 79.9. The summed E-state index contributed by atoms with van der Waals surface area (Å²) in [5, 5.41) is 0.612. The van der Waals surface area contributed by atoms with Crippen molar-refractivity contribution in [1.82, 2.24) is 4.90 Å². The molecule has 19 heavy (non-hydrogen) atoms. The van der Waals surface area contributed by atoms with Crippen molar-refractivity contribution in [2.24, 2.45) is 0 Å². The van der Waals surface area contributed by atoms with E-state index in [2.05, 4.69) is 15.9 Å². The highest BCUT2D eigenvalue weighted by Crippen LogP contribution is 2.29. The van der Waals surface area contributed by atoms with Crippen molar-refractivity contribution in [2.45, 2.75) is 43.5 Å². The third-order valence-corrected chi connectivity index (χ3v) is 5.20. The minimum absolute atomic E-state index is 0.0661. The largest absolute Gasteiger partial charge is 0.338 e. The molecule has 0 radical (unpaired) electrons. The molecule has 104 valence electrons. The molecule has 2 rings (SSSR count). The van der Waals surface area contributed by atoms with Crippen LogP contribution in [-0.2, 0) is 0 Å². The van der Waals surface area contributed by atoms with Crippen LogP contribution in [0.1, 0.15) is 41.6 Å². The Morgan fingerprint density at radius 1 is 1.37 bits per heavy atom. The Morgan fingerprint density at radius 2 is 2.05 bits per heavy atom. The zero-order valence-electron chi connectivity index (χ0n) is 11.3. The number of amides is 1. The first kappa shape index (κ1) is 14.9. The summed E-state index contributed by atoms with van der Waals surface area (Å²) in [5.74, 6) is 0.0661. The maximum Gasteiger partial charge on any atom is 0.254 e. The summed E-state index contributed by atoms with van der Waals surface area (Å²) in [6, 6.07) is 5.76. The quantitative estimate of drug-likeness (QED) is 0.727. The molecule has 0 N–H and O–H groups in total. The van der Waals surface area contributed by atoms with Gasteiger partial charge in [-0.1, -0.05) is 46.4 Å². The maximum atomic E-state index is 12.6. The van der Waals surface area contributed by atoms with Crippen molar-refractivity contribution >= 4 is 33.4 Å². The highest BCUT2D eigenvalue weighted by Gasteiger charge is 2.30. The second kappa shape index (κ2) is 6.27. The van der Waals surface area contributed by atoms with Gasteiger partial charge in [-0.2, -0.15) is 0 Å². The summed E-state index contributed by atoms with van der Waals surface area (Å²) in [6.45, 7) is 1.95. The van der Waals surface area contributed by atoms with Crippen LogP contribution < -0.4 is 0 Å². The number of hydrogen-bond acceptors (Lipinski definition) is 1. The van der Waals surface area contributed by atoms with Gasteiger partial charge in [-0.15, -0.1) is 0 Å². The van der Waals surface area contributed by atoms with Gasteiger partial charge < -0.3 is 4.90 Å². The van der Waals surface area contributed by atoms with E-state index in [0.717, 1.165) is 18.4 Å². The normalized spacial score (nSPS) is 23.2. The molecule has 0 heterocycles. The molecule has 1 aromatic rings. The van der Waals surface area contributed by atoms with Gasteiger partial charge in [0.15, 0.2) is 0 Å². The second-order valence-electron chi connectivity index (χ2n) is 5.24. The molecule has 1 aromatic carbocycles. The van der Waals surface area contributed by atoms with Gasteiger partial charge >= 0.3 is 0 Å². The van der Waals surface area contributed by atoms with E-state index in [0.29, 0.717) is 15.4 Å². The third-order valence-electron chi connectivity index (χ3n) is 3.90. The van der Waals surface area contributed by atoms with E-state index in [9.17, 15) is 4.79 Å². The standard InChI is InChI=1S/C15H19BrClNO/c1-10-7-8-11(17)9-12(10)15(19)18(2)14-6-4-3-5-13(14)16/h7-9,13-14H,3-6H2,1-2H3. The molecule has 0 saturated heterocycles. The molecule has 1 aliphatic rings. The van der Waals surface area contributed by atoms with Gasteiger partial charge in [-0.25, -0.2) is 0 Å². The average Bonchev–Trinajstić information content (AvgIpc) is 2.40. The van der Waals surface area contributed by atoms with Crippen molar-refractivity contribution < 1.29 is 4.79 Å². The van der Waals surface area contributed by atoms with Crippen LogP contribution in [0.2, 0.25) is 5.02 Å².